The molecule has 1 aliphatic carbocycles. The largest absolute Gasteiger partial charge is 0.494 e. The minimum absolute atomic E-state index is 0.215. The van der Waals surface area contributed by atoms with Gasteiger partial charge in [-0.2, -0.15) is 0 Å². The number of hydrogen-bond donors (Lipinski definition) is 1. The monoisotopic (exact) mass is 233 g/mol. The molecule has 1 aromatic rings. The maximum Gasteiger partial charge on any atom is 0.119 e. The Morgan fingerprint density at radius 1 is 1.18 bits per heavy atom. The molecule has 94 valence electrons. The average molecular weight is 233 g/mol. The highest BCUT2D eigenvalue weighted by atomic mass is 16.5. The van der Waals surface area contributed by atoms with Crippen LogP contribution in [0.5, 0.6) is 5.75 Å². The number of benzene rings is 1. The second-order valence-corrected chi connectivity index (χ2v) is 5.67. The molecule has 1 aromatic carbocycles. The Labute approximate surface area is 104 Å². The molecule has 2 nitrogen and oxygen atoms in total. The molecular weight excluding hydrogens is 210 g/mol. The van der Waals surface area contributed by atoms with Gasteiger partial charge in [-0.25, -0.2) is 0 Å². The molecule has 0 aromatic heterocycles. The summed E-state index contributed by atoms with van der Waals surface area (Å²) >= 11 is 0. The van der Waals surface area contributed by atoms with E-state index in [1.165, 1.54) is 5.56 Å². The van der Waals surface area contributed by atoms with Gasteiger partial charge in [0.25, 0.3) is 0 Å². The Morgan fingerprint density at radius 3 is 2.18 bits per heavy atom. The fraction of sp³-hybridized carbons (Fsp3) is 0.600. The average Bonchev–Trinajstić information content (AvgIpc) is 2.74. The first-order chi connectivity index (χ1) is 7.98. The van der Waals surface area contributed by atoms with Gasteiger partial charge >= 0.3 is 0 Å². The first-order valence-corrected chi connectivity index (χ1v) is 6.42. The van der Waals surface area contributed by atoms with E-state index in [4.69, 9.17) is 10.5 Å². The lowest BCUT2D eigenvalue weighted by Crippen LogP contribution is -2.12. The van der Waals surface area contributed by atoms with Crippen LogP contribution >= 0.6 is 0 Å². The van der Waals surface area contributed by atoms with E-state index < -0.39 is 0 Å². The summed E-state index contributed by atoms with van der Waals surface area (Å²) in [5, 5.41) is 0. The highest BCUT2D eigenvalue weighted by molar-refractivity contribution is 5.41. The first-order valence-electron chi connectivity index (χ1n) is 6.42. The molecule has 0 saturated heterocycles. The van der Waals surface area contributed by atoms with Crippen molar-refractivity contribution in [2.45, 2.75) is 33.1 Å². The third-order valence-corrected chi connectivity index (χ3v) is 4.82. The summed E-state index contributed by atoms with van der Waals surface area (Å²) in [6.45, 7) is 10.4. The van der Waals surface area contributed by atoms with Gasteiger partial charge < -0.3 is 10.5 Å². The van der Waals surface area contributed by atoms with E-state index in [2.05, 4.69) is 45.0 Å². The Bertz CT molecular complexity index is 396. The smallest absolute Gasteiger partial charge is 0.119 e. The molecule has 0 aliphatic heterocycles. The molecule has 2 N–H and O–H groups in total. The molecule has 1 aliphatic rings. The molecule has 2 heteroatoms. The van der Waals surface area contributed by atoms with Crippen LogP contribution in [0, 0.1) is 11.3 Å². The Kier molecular flexibility index (Phi) is 2.94. The molecule has 0 amide bonds. The second-order valence-electron chi connectivity index (χ2n) is 5.67. The highest BCUT2D eigenvalue weighted by Crippen LogP contribution is 2.68. The van der Waals surface area contributed by atoms with Crippen LogP contribution in [0.15, 0.2) is 24.3 Å². The predicted octanol–water partition coefficient (Wildman–Crippen LogP) is 2.96. The van der Waals surface area contributed by atoms with Crippen molar-refractivity contribution in [2.24, 2.45) is 17.1 Å². The Hall–Kier alpha value is -1.02. The maximum atomic E-state index is 5.88. The second kappa shape index (κ2) is 4.02. The number of nitrogens with two attached hydrogens (primary N) is 1. The van der Waals surface area contributed by atoms with Gasteiger partial charge in [-0.1, -0.05) is 32.9 Å². The lowest BCUT2D eigenvalue weighted by molar-refractivity contribution is 0.340. The van der Waals surface area contributed by atoms with E-state index >= 15 is 0 Å². The van der Waals surface area contributed by atoms with Crippen LogP contribution in [0.2, 0.25) is 0 Å². The maximum absolute atomic E-state index is 5.88. The van der Waals surface area contributed by atoms with Gasteiger partial charge in [0.05, 0.1) is 6.61 Å². The minimum Gasteiger partial charge on any atom is -0.494 e. The molecule has 1 saturated carbocycles. The molecule has 17 heavy (non-hydrogen) atoms. The Morgan fingerprint density at radius 2 is 1.76 bits per heavy atom. The normalized spacial score (nSPS) is 30.1. The third-order valence-electron chi connectivity index (χ3n) is 4.82. The van der Waals surface area contributed by atoms with Gasteiger partial charge in [-0.3, -0.25) is 0 Å². The van der Waals surface area contributed by atoms with Crippen molar-refractivity contribution in [3.05, 3.63) is 29.8 Å². The fourth-order valence-electron chi connectivity index (χ4n) is 3.27. The summed E-state index contributed by atoms with van der Waals surface area (Å²) in [4.78, 5) is 0. The minimum atomic E-state index is 0.215. The highest BCUT2D eigenvalue weighted by Gasteiger charge is 2.67. The number of ether oxygens (including phenoxy) is 1. The van der Waals surface area contributed by atoms with Crippen molar-refractivity contribution in [3.63, 3.8) is 0 Å². The van der Waals surface area contributed by atoms with Gasteiger partial charge in [0.15, 0.2) is 0 Å². The van der Waals surface area contributed by atoms with Crippen molar-refractivity contribution < 1.29 is 4.74 Å². The SMILES string of the molecule is CCOc1ccc(C2(C)C(CN)C2(C)C)cc1. The molecule has 1 fully saturated rings. The van der Waals surface area contributed by atoms with E-state index in [0.717, 1.165) is 12.3 Å². The van der Waals surface area contributed by atoms with E-state index in [9.17, 15) is 0 Å². The predicted molar refractivity (Wildman–Crippen MR) is 71.3 cm³/mol. The zero-order valence-electron chi connectivity index (χ0n) is 11.3. The van der Waals surface area contributed by atoms with E-state index in [0.29, 0.717) is 17.9 Å². The Balaban J connectivity index is 2.24. The fourth-order valence-corrected chi connectivity index (χ4v) is 3.27. The van der Waals surface area contributed by atoms with Crippen molar-refractivity contribution in [2.75, 3.05) is 13.2 Å². The lowest BCUT2D eigenvalue weighted by Gasteiger charge is -2.16. The molecule has 0 heterocycles. The summed E-state index contributed by atoms with van der Waals surface area (Å²) in [5.74, 6) is 1.52. The first kappa shape index (κ1) is 12.4. The van der Waals surface area contributed by atoms with Crippen molar-refractivity contribution in [3.8, 4) is 5.75 Å². The number of hydrogen-bond acceptors (Lipinski definition) is 2. The van der Waals surface area contributed by atoms with Gasteiger partial charge in [0.2, 0.25) is 0 Å². The van der Waals surface area contributed by atoms with Crippen LogP contribution < -0.4 is 10.5 Å². The molecule has 2 atom stereocenters. The van der Waals surface area contributed by atoms with Crippen LogP contribution in [-0.4, -0.2) is 13.2 Å². The molecular formula is C15H23NO. The van der Waals surface area contributed by atoms with Crippen LogP contribution in [0.1, 0.15) is 33.3 Å². The summed E-state index contributed by atoms with van der Waals surface area (Å²) in [7, 11) is 0. The molecule has 2 rings (SSSR count). The summed E-state index contributed by atoms with van der Waals surface area (Å²) in [5.41, 5.74) is 7.77. The topological polar surface area (TPSA) is 35.2 Å². The quantitative estimate of drug-likeness (QED) is 0.867. The standard InChI is InChI=1S/C15H23NO/c1-5-17-12-8-6-11(7-9-12)15(4)13(10-16)14(15,2)3/h6-9,13H,5,10,16H2,1-4H3. The van der Waals surface area contributed by atoms with E-state index in [-0.39, 0.29) is 5.41 Å². The zero-order chi connectivity index (χ0) is 12.7. The van der Waals surface area contributed by atoms with Crippen molar-refractivity contribution >= 4 is 0 Å². The summed E-state index contributed by atoms with van der Waals surface area (Å²) in [6.07, 6.45) is 0. The van der Waals surface area contributed by atoms with Crippen molar-refractivity contribution in [1.29, 1.82) is 0 Å². The van der Waals surface area contributed by atoms with Crippen LogP contribution in [-0.2, 0) is 5.41 Å². The van der Waals surface area contributed by atoms with Crippen LogP contribution in [0.4, 0.5) is 0 Å². The van der Waals surface area contributed by atoms with Crippen molar-refractivity contribution in [1.82, 2.24) is 0 Å². The molecule has 0 bridgehead atoms. The lowest BCUT2D eigenvalue weighted by atomic mass is 9.89. The van der Waals surface area contributed by atoms with Gasteiger partial charge in [0, 0.05) is 5.41 Å². The molecule has 2 unspecified atom stereocenters. The summed E-state index contributed by atoms with van der Waals surface area (Å²) < 4.78 is 5.47. The molecule has 0 spiro atoms. The van der Waals surface area contributed by atoms with Crippen LogP contribution in [0.3, 0.4) is 0 Å². The van der Waals surface area contributed by atoms with Crippen LogP contribution in [0.25, 0.3) is 0 Å². The van der Waals surface area contributed by atoms with E-state index in [1.54, 1.807) is 0 Å². The van der Waals surface area contributed by atoms with Gasteiger partial charge in [0.1, 0.15) is 5.75 Å². The van der Waals surface area contributed by atoms with E-state index in [1.807, 2.05) is 6.92 Å². The third kappa shape index (κ3) is 1.66. The van der Waals surface area contributed by atoms with Gasteiger partial charge in [-0.15, -0.1) is 0 Å². The molecule has 0 radical (unpaired) electrons. The zero-order valence-corrected chi connectivity index (χ0v) is 11.3. The van der Waals surface area contributed by atoms with Gasteiger partial charge in [-0.05, 0) is 42.5 Å². The number of rotatable bonds is 4. The summed E-state index contributed by atoms with van der Waals surface area (Å²) in [6, 6.07) is 8.49.